The number of benzene rings is 1. The fourth-order valence-corrected chi connectivity index (χ4v) is 2.21. The summed E-state index contributed by atoms with van der Waals surface area (Å²) in [6.07, 6.45) is 1.06. The highest BCUT2D eigenvalue weighted by molar-refractivity contribution is 9.10. The van der Waals surface area contributed by atoms with Crippen LogP contribution in [0.2, 0.25) is 0 Å². The first-order valence-electron chi connectivity index (χ1n) is 5.49. The topological polar surface area (TPSA) is 55.6 Å². The van der Waals surface area contributed by atoms with Crippen molar-refractivity contribution < 1.29 is 9.53 Å². The van der Waals surface area contributed by atoms with Gasteiger partial charge in [0.2, 0.25) is 0 Å². The number of methoxy groups -OCH3 is 1. The molecule has 1 aromatic carbocycles. The van der Waals surface area contributed by atoms with Gasteiger partial charge in [0.05, 0.1) is 6.10 Å². The minimum Gasteiger partial charge on any atom is -0.398 e. The SMILES string of the molecule is COC1CCN(C(=O)c2ccc(Br)c(N)c2)C1. The van der Waals surface area contributed by atoms with Gasteiger partial charge in [-0.15, -0.1) is 0 Å². The summed E-state index contributed by atoms with van der Waals surface area (Å²) < 4.78 is 6.05. The number of hydrogen-bond donors (Lipinski definition) is 1. The summed E-state index contributed by atoms with van der Waals surface area (Å²) in [5.74, 6) is 0.0174. The van der Waals surface area contributed by atoms with E-state index in [2.05, 4.69) is 15.9 Å². The Hall–Kier alpha value is -1.07. The van der Waals surface area contributed by atoms with E-state index >= 15 is 0 Å². The molecule has 0 saturated carbocycles. The first kappa shape index (κ1) is 12.4. The van der Waals surface area contributed by atoms with Gasteiger partial charge < -0.3 is 15.4 Å². The Morgan fingerprint density at radius 3 is 2.94 bits per heavy atom. The van der Waals surface area contributed by atoms with E-state index in [0.29, 0.717) is 17.8 Å². The fraction of sp³-hybridized carbons (Fsp3) is 0.417. The molecule has 1 unspecified atom stereocenters. The molecule has 1 amide bonds. The van der Waals surface area contributed by atoms with Gasteiger partial charge in [-0.25, -0.2) is 0 Å². The molecule has 5 heteroatoms. The number of hydrogen-bond acceptors (Lipinski definition) is 3. The molecule has 0 bridgehead atoms. The normalized spacial score (nSPS) is 19.6. The summed E-state index contributed by atoms with van der Waals surface area (Å²) in [6, 6.07) is 5.28. The molecule has 17 heavy (non-hydrogen) atoms. The Balaban J connectivity index is 2.12. The van der Waals surface area contributed by atoms with Gasteiger partial charge in [-0.3, -0.25) is 4.79 Å². The summed E-state index contributed by atoms with van der Waals surface area (Å²) in [6.45, 7) is 1.40. The molecule has 0 radical (unpaired) electrons. The Morgan fingerprint density at radius 1 is 1.59 bits per heavy atom. The molecule has 1 atom stereocenters. The van der Waals surface area contributed by atoms with Crippen LogP contribution < -0.4 is 5.73 Å². The zero-order chi connectivity index (χ0) is 12.4. The van der Waals surface area contributed by atoms with Crippen molar-refractivity contribution in [3.63, 3.8) is 0 Å². The van der Waals surface area contributed by atoms with Crippen LogP contribution in [0, 0.1) is 0 Å². The zero-order valence-electron chi connectivity index (χ0n) is 9.65. The highest BCUT2D eigenvalue weighted by Gasteiger charge is 2.26. The van der Waals surface area contributed by atoms with Gasteiger partial charge in [0.1, 0.15) is 0 Å². The van der Waals surface area contributed by atoms with E-state index in [1.807, 2.05) is 0 Å². The summed E-state index contributed by atoms with van der Waals surface area (Å²) >= 11 is 3.31. The van der Waals surface area contributed by atoms with E-state index in [-0.39, 0.29) is 12.0 Å². The number of carbonyl (C=O) groups excluding carboxylic acids is 1. The molecule has 1 aromatic rings. The van der Waals surface area contributed by atoms with Crippen LogP contribution >= 0.6 is 15.9 Å². The molecule has 1 heterocycles. The highest BCUT2D eigenvalue weighted by atomic mass is 79.9. The molecule has 92 valence electrons. The molecule has 2 rings (SSSR count). The second-order valence-electron chi connectivity index (χ2n) is 4.13. The smallest absolute Gasteiger partial charge is 0.254 e. The quantitative estimate of drug-likeness (QED) is 0.849. The van der Waals surface area contributed by atoms with Crippen molar-refractivity contribution in [2.75, 3.05) is 25.9 Å². The number of carbonyl (C=O) groups is 1. The lowest BCUT2D eigenvalue weighted by atomic mass is 10.2. The minimum absolute atomic E-state index is 0.0174. The lowest BCUT2D eigenvalue weighted by Crippen LogP contribution is -2.29. The average molecular weight is 299 g/mol. The van der Waals surface area contributed by atoms with Crippen LogP contribution in [0.3, 0.4) is 0 Å². The van der Waals surface area contributed by atoms with Gasteiger partial charge in [-0.05, 0) is 40.5 Å². The van der Waals surface area contributed by atoms with Gasteiger partial charge >= 0.3 is 0 Å². The molecule has 1 fully saturated rings. The number of nitrogens with two attached hydrogens (primary N) is 1. The summed E-state index contributed by atoms with van der Waals surface area (Å²) in [4.78, 5) is 14.0. The summed E-state index contributed by atoms with van der Waals surface area (Å²) in [5.41, 5.74) is 6.98. The lowest BCUT2D eigenvalue weighted by molar-refractivity contribution is 0.0724. The summed E-state index contributed by atoms with van der Waals surface area (Å²) in [7, 11) is 1.68. The lowest BCUT2D eigenvalue weighted by Gasteiger charge is -2.16. The van der Waals surface area contributed by atoms with E-state index in [1.54, 1.807) is 30.2 Å². The zero-order valence-corrected chi connectivity index (χ0v) is 11.2. The van der Waals surface area contributed by atoms with Crippen LogP contribution in [0.1, 0.15) is 16.8 Å². The van der Waals surface area contributed by atoms with Crippen molar-refractivity contribution in [2.24, 2.45) is 0 Å². The number of likely N-dealkylation sites (tertiary alicyclic amines) is 1. The van der Waals surface area contributed by atoms with E-state index in [1.165, 1.54) is 0 Å². The number of amides is 1. The number of nitrogens with zero attached hydrogens (tertiary/aromatic N) is 1. The maximum absolute atomic E-state index is 12.2. The predicted octanol–water partition coefficient (Wildman–Crippen LogP) is 1.89. The number of nitrogen functional groups attached to an aromatic ring is 1. The monoisotopic (exact) mass is 298 g/mol. The molecule has 1 aliphatic rings. The molecular weight excluding hydrogens is 284 g/mol. The Labute approximate surface area is 109 Å². The third-order valence-electron chi connectivity index (χ3n) is 3.01. The van der Waals surface area contributed by atoms with E-state index in [0.717, 1.165) is 17.4 Å². The molecule has 0 spiro atoms. The largest absolute Gasteiger partial charge is 0.398 e. The van der Waals surface area contributed by atoms with Crippen molar-refractivity contribution in [2.45, 2.75) is 12.5 Å². The fourth-order valence-electron chi connectivity index (χ4n) is 1.96. The number of ether oxygens (including phenoxy) is 1. The van der Waals surface area contributed by atoms with Crippen molar-refractivity contribution >= 4 is 27.5 Å². The predicted molar refractivity (Wildman–Crippen MR) is 69.9 cm³/mol. The number of rotatable bonds is 2. The first-order valence-corrected chi connectivity index (χ1v) is 6.28. The van der Waals surface area contributed by atoms with E-state index in [9.17, 15) is 4.79 Å². The highest BCUT2D eigenvalue weighted by Crippen LogP contribution is 2.22. The van der Waals surface area contributed by atoms with Crippen LogP contribution in [0.5, 0.6) is 0 Å². The third kappa shape index (κ3) is 2.61. The second kappa shape index (κ2) is 5.06. The molecule has 0 aromatic heterocycles. The minimum atomic E-state index is 0.0174. The number of anilines is 1. The Morgan fingerprint density at radius 2 is 2.35 bits per heavy atom. The van der Waals surface area contributed by atoms with Gasteiger partial charge in [-0.1, -0.05) is 0 Å². The molecule has 2 N–H and O–H groups in total. The maximum Gasteiger partial charge on any atom is 0.254 e. The standard InChI is InChI=1S/C12H15BrN2O2/c1-17-9-4-5-15(7-9)12(16)8-2-3-10(13)11(14)6-8/h2-3,6,9H,4-5,7,14H2,1H3. The van der Waals surface area contributed by atoms with Gasteiger partial charge in [0.15, 0.2) is 0 Å². The van der Waals surface area contributed by atoms with Crippen LogP contribution in [0.15, 0.2) is 22.7 Å². The molecule has 1 saturated heterocycles. The Bertz CT molecular complexity index is 437. The Kier molecular flexibility index (Phi) is 3.69. The maximum atomic E-state index is 12.2. The first-order chi connectivity index (χ1) is 8.11. The van der Waals surface area contributed by atoms with Gasteiger partial charge in [0, 0.05) is 35.9 Å². The molecule has 0 aliphatic carbocycles. The molecule has 4 nitrogen and oxygen atoms in total. The van der Waals surface area contributed by atoms with Crippen LogP contribution in [-0.4, -0.2) is 37.1 Å². The average Bonchev–Trinajstić information content (AvgIpc) is 2.80. The van der Waals surface area contributed by atoms with E-state index < -0.39 is 0 Å². The van der Waals surface area contributed by atoms with Gasteiger partial charge in [0.25, 0.3) is 5.91 Å². The van der Waals surface area contributed by atoms with Crippen LogP contribution in [0.4, 0.5) is 5.69 Å². The molecule has 1 aliphatic heterocycles. The van der Waals surface area contributed by atoms with Crippen LogP contribution in [-0.2, 0) is 4.74 Å². The number of halogens is 1. The van der Waals surface area contributed by atoms with Crippen molar-refractivity contribution in [1.29, 1.82) is 0 Å². The van der Waals surface area contributed by atoms with Crippen molar-refractivity contribution in [3.8, 4) is 0 Å². The second-order valence-corrected chi connectivity index (χ2v) is 4.99. The van der Waals surface area contributed by atoms with Gasteiger partial charge in [-0.2, -0.15) is 0 Å². The van der Waals surface area contributed by atoms with Crippen molar-refractivity contribution in [3.05, 3.63) is 28.2 Å². The van der Waals surface area contributed by atoms with Crippen LogP contribution in [0.25, 0.3) is 0 Å². The van der Waals surface area contributed by atoms with E-state index in [4.69, 9.17) is 10.5 Å². The molecular formula is C12H15BrN2O2. The third-order valence-corrected chi connectivity index (χ3v) is 3.73. The summed E-state index contributed by atoms with van der Waals surface area (Å²) in [5, 5.41) is 0. The van der Waals surface area contributed by atoms with Crippen molar-refractivity contribution in [1.82, 2.24) is 4.90 Å².